The highest BCUT2D eigenvalue weighted by molar-refractivity contribution is 6.24. The van der Waals surface area contributed by atoms with Gasteiger partial charge in [0.25, 0.3) is 0 Å². The number of hydrogen-bond acceptors (Lipinski definition) is 3. The third kappa shape index (κ3) is 2.61. The topological polar surface area (TPSA) is 45.2 Å². The molecule has 4 fully saturated rings. The monoisotopic (exact) mass is 333 g/mol. The van der Waals surface area contributed by atoms with Gasteiger partial charge in [0.2, 0.25) is 5.91 Å². The number of aromatic nitrogens is 1. The molecule has 4 saturated carbocycles. The van der Waals surface area contributed by atoms with Crippen LogP contribution in [0.15, 0.2) is 18.3 Å². The summed E-state index contributed by atoms with van der Waals surface area (Å²) in [5, 5.41) is 3.06. The number of amides is 1. The minimum Gasteiger partial charge on any atom is -0.376 e. The standard InChI is InChI=1S/C18H24ClN3O/c1-22(2)14-3-4-15(20-10-14)21-16(23)17-6-12-5-13(7-17)9-18(19,8-12)11-17/h3-4,10,12-13H,5-9,11H2,1-2H3,(H,20,21,23). The lowest BCUT2D eigenvalue weighted by molar-refractivity contribution is -0.138. The maximum atomic E-state index is 13.0. The molecule has 23 heavy (non-hydrogen) atoms. The van der Waals surface area contributed by atoms with Crippen LogP contribution in [0.3, 0.4) is 0 Å². The molecule has 0 saturated heterocycles. The van der Waals surface area contributed by atoms with Crippen molar-refractivity contribution in [2.24, 2.45) is 17.3 Å². The first-order valence-corrected chi connectivity index (χ1v) is 8.89. The predicted molar refractivity (Wildman–Crippen MR) is 92.9 cm³/mol. The molecule has 1 amide bonds. The van der Waals surface area contributed by atoms with Crippen molar-refractivity contribution >= 4 is 29.0 Å². The molecule has 2 unspecified atom stereocenters. The average Bonchev–Trinajstić information content (AvgIpc) is 2.45. The molecule has 5 heteroatoms. The number of halogens is 1. The van der Waals surface area contributed by atoms with Gasteiger partial charge in [0.1, 0.15) is 5.82 Å². The number of anilines is 2. The number of rotatable bonds is 3. The van der Waals surface area contributed by atoms with Gasteiger partial charge >= 0.3 is 0 Å². The Labute approximate surface area is 142 Å². The van der Waals surface area contributed by atoms with Gasteiger partial charge in [-0.3, -0.25) is 4.79 Å². The largest absolute Gasteiger partial charge is 0.376 e. The van der Waals surface area contributed by atoms with Crippen molar-refractivity contribution in [1.82, 2.24) is 4.98 Å². The van der Waals surface area contributed by atoms with Crippen LogP contribution < -0.4 is 10.2 Å². The number of alkyl halides is 1. The zero-order valence-electron chi connectivity index (χ0n) is 13.8. The van der Waals surface area contributed by atoms with Gasteiger partial charge in [0, 0.05) is 19.0 Å². The van der Waals surface area contributed by atoms with E-state index in [0.717, 1.165) is 37.8 Å². The molecular weight excluding hydrogens is 310 g/mol. The Morgan fingerprint density at radius 1 is 1.26 bits per heavy atom. The molecule has 4 aliphatic rings. The van der Waals surface area contributed by atoms with E-state index in [9.17, 15) is 4.79 Å². The van der Waals surface area contributed by atoms with E-state index in [1.165, 1.54) is 6.42 Å². The van der Waals surface area contributed by atoms with E-state index in [2.05, 4.69) is 10.3 Å². The van der Waals surface area contributed by atoms with Crippen molar-refractivity contribution in [3.05, 3.63) is 18.3 Å². The van der Waals surface area contributed by atoms with E-state index in [-0.39, 0.29) is 16.2 Å². The lowest BCUT2D eigenvalue weighted by atomic mass is 9.49. The summed E-state index contributed by atoms with van der Waals surface area (Å²) >= 11 is 6.82. The molecular formula is C18H24ClN3O. The number of nitrogens with zero attached hydrogens (tertiary/aromatic N) is 2. The second-order valence-electron chi connectivity index (χ2n) is 8.14. The van der Waals surface area contributed by atoms with Gasteiger partial charge < -0.3 is 10.2 Å². The van der Waals surface area contributed by atoms with Crippen LogP contribution in [0, 0.1) is 17.3 Å². The maximum Gasteiger partial charge on any atom is 0.231 e. The molecule has 1 N–H and O–H groups in total. The Morgan fingerprint density at radius 3 is 2.48 bits per heavy atom. The van der Waals surface area contributed by atoms with Crippen LogP contribution in [-0.2, 0) is 4.79 Å². The Hall–Kier alpha value is -1.29. The van der Waals surface area contributed by atoms with Crippen molar-refractivity contribution in [2.75, 3.05) is 24.3 Å². The highest BCUT2D eigenvalue weighted by Crippen LogP contribution is 2.64. The van der Waals surface area contributed by atoms with Crippen LogP contribution in [0.5, 0.6) is 0 Å². The van der Waals surface area contributed by atoms with Gasteiger partial charge in [-0.15, -0.1) is 11.6 Å². The quantitative estimate of drug-likeness (QED) is 0.858. The van der Waals surface area contributed by atoms with E-state index in [4.69, 9.17) is 11.6 Å². The first-order chi connectivity index (χ1) is 10.9. The summed E-state index contributed by atoms with van der Waals surface area (Å²) in [6.45, 7) is 0. The molecule has 0 aromatic carbocycles. The minimum absolute atomic E-state index is 0.127. The molecule has 5 rings (SSSR count). The van der Waals surface area contributed by atoms with Crippen molar-refractivity contribution in [3.63, 3.8) is 0 Å². The van der Waals surface area contributed by atoms with E-state index in [0.29, 0.717) is 17.7 Å². The normalized spacial score (nSPS) is 37.7. The first kappa shape index (κ1) is 15.3. The molecule has 0 aliphatic heterocycles. The van der Waals surface area contributed by atoms with Gasteiger partial charge in [0.15, 0.2) is 0 Å². The van der Waals surface area contributed by atoms with Crippen LogP contribution in [0.4, 0.5) is 11.5 Å². The average molecular weight is 334 g/mol. The Balaban J connectivity index is 1.53. The molecule has 0 radical (unpaired) electrons. The number of carbonyl (C=O) groups is 1. The van der Waals surface area contributed by atoms with Gasteiger partial charge in [-0.2, -0.15) is 0 Å². The van der Waals surface area contributed by atoms with E-state index >= 15 is 0 Å². The maximum absolute atomic E-state index is 13.0. The summed E-state index contributed by atoms with van der Waals surface area (Å²) in [6, 6.07) is 3.86. The Morgan fingerprint density at radius 2 is 1.96 bits per heavy atom. The Bertz CT molecular complexity index is 614. The number of pyridine rings is 1. The summed E-state index contributed by atoms with van der Waals surface area (Å²) in [6.07, 6.45) is 8.07. The predicted octanol–water partition coefficient (Wildman–Crippen LogP) is 3.66. The molecule has 4 aliphatic carbocycles. The van der Waals surface area contributed by atoms with Crippen LogP contribution >= 0.6 is 11.6 Å². The molecule has 4 nitrogen and oxygen atoms in total. The van der Waals surface area contributed by atoms with E-state index < -0.39 is 0 Å². The van der Waals surface area contributed by atoms with Crippen LogP contribution in [0.1, 0.15) is 38.5 Å². The summed E-state index contributed by atoms with van der Waals surface area (Å²) < 4.78 is 0. The number of nitrogens with one attached hydrogen (secondary N) is 1. The van der Waals surface area contributed by atoms with Crippen molar-refractivity contribution < 1.29 is 4.79 Å². The molecule has 2 atom stereocenters. The van der Waals surface area contributed by atoms with Gasteiger partial charge in [-0.05, 0) is 62.5 Å². The van der Waals surface area contributed by atoms with Crippen molar-refractivity contribution in [1.29, 1.82) is 0 Å². The van der Waals surface area contributed by atoms with Crippen LogP contribution in [0.2, 0.25) is 0 Å². The van der Waals surface area contributed by atoms with E-state index in [1.807, 2.05) is 31.1 Å². The van der Waals surface area contributed by atoms with Crippen molar-refractivity contribution in [2.45, 2.75) is 43.4 Å². The summed E-state index contributed by atoms with van der Waals surface area (Å²) in [7, 11) is 3.95. The fourth-order valence-electron chi connectivity index (χ4n) is 5.39. The summed E-state index contributed by atoms with van der Waals surface area (Å²) in [5.74, 6) is 2.02. The summed E-state index contributed by atoms with van der Waals surface area (Å²) in [4.78, 5) is 19.2. The molecule has 0 spiro atoms. The fraction of sp³-hybridized carbons (Fsp3) is 0.667. The second-order valence-corrected chi connectivity index (χ2v) is 8.94. The van der Waals surface area contributed by atoms with Gasteiger partial charge in [0.05, 0.1) is 17.3 Å². The summed E-state index contributed by atoms with van der Waals surface area (Å²) in [5.41, 5.74) is 0.755. The molecule has 1 aromatic heterocycles. The van der Waals surface area contributed by atoms with Gasteiger partial charge in [-0.1, -0.05) is 0 Å². The lowest BCUT2D eigenvalue weighted by Crippen LogP contribution is -2.57. The molecule has 1 heterocycles. The van der Waals surface area contributed by atoms with Gasteiger partial charge in [-0.25, -0.2) is 4.98 Å². The smallest absolute Gasteiger partial charge is 0.231 e. The van der Waals surface area contributed by atoms with E-state index in [1.54, 1.807) is 6.20 Å². The minimum atomic E-state index is -0.270. The zero-order chi connectivity index (χ0) is 16.2. The van der Waals surface area contributed by atoms with Crippen LogP contribution in [-0.4, -0.2) is 29.9 Å². The highest BCUT2D eigenvalue weighted by Gasteiger charge is 2.60. The fourth-order valence-corrected chi connectivity index (χ4v) is 6.08. The number of carbonyl (C=O) groups excluding carboxylic acids is 1. The SMILES string of the molecule is CN(C)c1ccc(NC(=O)C23CC4CC(CC(Cl)(C4)C2)C3)nc1. The number of hydrogen-bond donors (Lipinski definition) is 1. The van der Waals surface area contributed by atoms with Crippen molar-refractivity contribution in [3.8, 4) is 0 Å². The third-order valence-electron chi connectivity index (χ3n) is 5.98. The Kier molecular flexibility index (Phi) is 3.38. The highest BCUT2D eigenvalue weighted by atomic mass is 35.5. The zero-order valence-corrected chi connectivity index (χ0v) is 14.6. The lowest BCUT2D eigenvalue weighted by Gasteiger charge is -2.59. The second kappa shape index (κ2) is 5.10. The molecule has 124 valence electrons. The molecule has 4 bridgehead atoms. The molecule has 1 aromatic rings. The third-order valence-corrected chi connectivity index (χ3v) is 6.42. The first-order valence-electron chi connectivity index (χ1n) is 8.51. The van der Waals surface area contributed by atoms with Crippen LogP contribution in [0.25, 0.3) is 0 Å².